The largest absolute Gasteiger partial charge is 0.489 e. The van der Waals surface area contributed by atoms with Gasteiger partial charge in [0.05, 0.1) is 33.6 Å². The molecule has 1 amide bonds. The van der Waals surface area contributed by atoms with E-state index >= 15 is 0 Å². The normalized spacial score (nSPS) is 13.0. The number of hydrogen-bond acceptors (Lipinski definition) is 9. The SMILES string of the molecule is CC(C)Cc1cc([N+](=O)[O-])ccc1S(=O)(=O)NC[C@@H](O)[C@H](Cc1ccc(OCc2cccc(C#N)c2)cc1)NC(=O)OC(C)(C)C. The van der Waals surface area contributed by atoms with Gasteiger partial charge < -0.3 is 19.9 Å². The molecule has 0 spiro atoms. The summed E-state index contributed by atoms with van der Waals surface area (Å²) in [6.45, 7) is 8.62. The Kier molecular flexibility index (Phi) is 12.2. The van der Waals surface area contributed by atoms with Crippen LogP contribution in [-0.4, -0.2) is 48.8 Å². The van der Waals surface area contributed by atoms with Gasteiger partial charge in [-0.2, -0.15) is 5.26 Å². The van der Waals surface area contributed by atoms with Crippen LogP contribution in [0, 0.1) is 27.4 Å². The summed E-state index contributed by atoms with van der Waals surface area (Å²) in [7, 11) is -4.19. The van der Waals surface area contributed by atoms with Gasteiger partial charge in [-0.1, -0.05) is 38.1 Å². The monoisotopic (exact) mass is 652 g/mol. The van der Waals surface area contributed by atoms with Gasteiger partial charge in [-0.05, 0) is 86.6 Å². The number of nitro benzene ring substituents is 1. The van der Waals surface area contributed by atoms with Crippen LogP contribution in [-0.2, 0) is 34.2 Å². The smallest absolute Gasteiger partial charge is 0.407 e. The molecule has 3 aromatic carbocycles. The second kappa shape index (κ2) is 15.7. The summed E-state index contributed by atoms with van der Waals surface area (Å²) in [6, 6.07) is 18.7. The molecule has 2 atom stereocenters. The number of alkyl carbamates (subject to hydrolysis) is 1. The third-order valence-corrected chi connectivity index (χ3v) is 8.19. The van der Waals surface area contributed by atoms with Crippen molar-refractivity contribution in [3.8, 4) is 11.8 Å². The molecule has 0 fully saturated rings. The number of aliphatic hydroxyl groups excluding tert-OH is 1. The number of nitro groups is 1. The second-order valence-corrected chi connectivity index (χ2v) is 14.0. The van der Waals surface area contributed by atoms with E-state index < -0.39 is 45.3 Å². The molecule has 0 aromatic heterocycles. The Labute approximate surface area is 269 Å². The van der Waals surface area contributed by atoms with Gasteiger partial charge in [-0.3, -0.25) is 10.1 Å². The Balaban J connectivity index is 1.75. The van der Waals surface area contributed by atoms with E-state index in [0.717, 1.165) is 17.2 Å². The number of hydrogen-bond donors (Lipinski definition) is 3. The molecule has 0 radical (unpaired) electrons. The van der Waals surface area contributed by atoms with Crippen molar-refractivity contribution in [1.82, 2.24) is 10.0 Å². The number of rotatable bonds is 14. The van der Waals surface area contributed by atoms with Crippen molar-refractivity contribution < 1.29 is 32.7 Å². The van der Waals surface area contributed by atoms with E-state index in [-0.39, 0.29) is 41.5 Å². The minimum atomic E-state index is -4.19. The predicted octanol–water partition coefficient (Wildman–Crippen LogP) is 5.02. The molecule has 0 saturated heterocycles. The summed E-state index contributed by atoms with van der Waals surface area (Å²) in [5.74, 6) is 0.590. The number of carbonyl (C=O) groups excluding carboxylic acids is 1. The van der Waals surface area contributed by atoms with Crippen LogP contribution in [0.2, 0.25) is 0 Å². The zero-order valence-corrected chi connectivity index (χ0v) is 27.3. The number of nitrogens with one attached hydrogen (secondary N) is 2. The highest BCUT2D eigenvalue weighted by atomic mass is 32.2. The van der Waals surface area contributed by atoms with E-state index in [1.54, 1.807) is 63.2 Å². The van der Waals surface area contributed by atoms with Crippen LogP contribution in [0.5, 0.6) is 5.75 Å². The fourth-order valence-corrected chi connectivity index (χ4v) is 5.85. The second-order valence-electron chi connectivity index (χ2n) is 12.3. The summed E-state index contributed by atoms with van der Waals surface area (Å²) in [5.41, 5.74) is 1.34. The molecule has 3 N–H and O–H groups in total. The third-order valence-electron chi connectivity index (χ3n) is 6.66. The number of aliphatic hydroxyl groups is 1. The maximum atomic E-state index is 13.3. The Bertz CT molecular complexity index is 1660. The number of sulfonamides is 1. The lowest BCUT2D eigenvalue weighted by Gasteiger charge is -2.27. The van der Waals surface area contributed by atoms with Crippen LogP contribution in [0.15, 0.2) is 71.6 Å². The lowest BCUT2D eigenvalue weighted by Crippen LogP contribution is -2.50. The van der Waals surface area contributed by atoms with E-state index in [0.29, 0.717) is 11.3 Å². The minimum Gasteiger partial charge on any atom is -0.489 e. The molecule has 0 aliphatic heterocycles. The van der Waals surface area contributed by atoms with E-state index in [2.05, 4.69) is 16.1 Å². The molecule has 0 aliphatic carbocycles. The molecule has 46 heavy (non-hydrogen) atoms. The van der Waals surface area contributed by atoms with Crippen molar-refractivity contribution in [2.75, 3.05) is 6.54 Å². The van der Waals surface area contributed by atoms with E-state index in [1.807, 2.05) is 19.9 Å². The molecule has 13 heteroatoms. The van der Waals surface area contributed by atoms with Crippen molar-refractivity contribution in [1.29, 1.82) is 5.26 Å². The first-order valence-corrected chi connectivity index (χ1v) is 16.2. The maximum Gasteiger partial charge on any atom is 0.407 e. The van der Waals surface area contributed by atoms with Crippen molar-refractivity contribution in [3.05, 3.63) is 99.1 Å². The van der Waals surface area contributed by atoms with Crippen LogP contribution in [0.25, 0.3) is 0 Å². The molecule has 246 valence electrons. The first kappa shape index (κ1) is 36.0. The van der Waals surface area contributed by atoms with E-state index in [1.165, 1.54) is 12.1 Å². The van der Waals surface area contributed by atoms with Gasteiger partial charge in [-0.25, -0.2) is 17.9 Å². The number of non-ortho nitro benzene ring substituents is 1. The van der Waals surface area contributed by atoms with Gasteiger partial charge >= 0.3 is 6.09 Å². The molecule has 0 aliphatic rings. The summed E-state index contributed by atoms with van der Waals surface area (Å²) in [6.07, 6.45) is -1.75. The van der Waals surface area contributed by atoms with E-state index in [4.69, 9.17) is 14.7 Å². The highest BCUT2D eigenvalue weighted by molar-refractivity contribution is 7.89. The van der Waals surface area contributed by atoms with Gasteiger partial charge in [0, 0.05) is 18.7 Å². The fraction of sp³-hybridized carbons (Fsp3) is 0.394. The molecule has 12 nitrogen and oxygen atoms in total. The quantitative estimate of drug-likeness (QED) is 0.159. The number of nitrogens with zero attached hydrogens (tertiary/aromatic N) is 2. The van der Waals surface area contributed by atoms with Crippen LogP contribution in [0.1, 0.15) is 56.9 Å². The molecular formula is C33H40N4O8S. The number of benzene rings is 3. The van der Waals surface area contributed by atoms with Crippen molar-refractivity contribution >= 4 is 21.8 Å². The van der Waals surface area contributed by atoms with Gasteiger partial charge in [-0.15, -0.1) is 0 Å². The molecule has 3 aromatic rings. The number of carbonyl (C=O) groups is 1. The molecule has 3 rings (SSSR count). The Hall–Kier alpha value is -4.51. The van der Waals surface area contributed by atoms with Crippen LogP contribution < -0.4 is 14.8 Å². The van der Waals surface area contributed by atoms with Crippen molar-refractivity contribution in [3.63, 3.8) is 0 Å². The zero-order valence-electron chi connectivity index (χ0n) is 26.5. The first-order valence-electron chi connectivity index (χ1n) is 14.7. The lowest BCUT2D eigenvalue weighted by atomic mass is 10.0. The van der Waals surface area contributed by atoms with Crippen molar-refractivity contribution in [2.45, 2.75) is 76.7 Å². The molecule has 0 bridgehead atoms. The average molecular weight is 653 g/mol. The molecular weight excluding hydrogens is 612 g/mol. The van der Waals surface area contributed by atoms with Gasteiger partial charge in [0.25, 0.3) is 5.69 Å². The fourth-order valence-electron chi connectivity index (χ4n) is 4.57. The standard InChI is InChI=1S/C33H40N4O8S/c1-22(2)15-26-18-27(37(40)41)11-14-31(26)46(42,43)35-20-30(38)29(36-32(39)45-33(3,4)5)17-23-9-12-28(13-10-23)44-21-25-8-6-7-24(16-25)19-34/h6-14,16,18,22,29-30,35,38H,15,17,20-21H2,1-5H3,(H,36,39)/t29-,30+/m0/s1. The Morgan fingerprint density at radius 2 is 1.74 bits per heavy atom. The topological polar surface area (TPSA) is 181 Å². The Morgan fingerprint density at radius 3 is 2.35 bits per heavy atom. The molecule has 0 unspecified atom stereocenters. The molecule has 0 heterocycles. The first-order chi connectivity index (χ1) is 21.6. The number of amides is 1. The summed E-state index contributed by atoms with van der Waals surface area (Å²) in [4.78, 5) is 23.2. The van der Waals surface area contributed by atoms with Crippen LogP contribution >= 0.6 is 0 Å². The van der Waals surface area contributed by atoms with Gasteiger partial charge in [0.15, 0.2) is 0 Å². The predicted molar refractivity (Wildman–Crippen MR) is 172 cm³/mol. The number of nitriles is 1. The zero-order chi connectivity index (χ0) is 34.1. The summed E-state index contributed by atoms with van der Waals surface area (Å²) in [5, 5.41) is 34.2. The molecule has 0 saturated carbocycles. The van der Waals surface area contributed by atoms with Crippen molar-refractivity contribution in [2.24, 2.45) is 5.92 Å². The highest BCUT2D eigenvalue weighted by Gasteiger charge is 2.28. The number of ether oxygens (including phenoxy) is 2. The summed E-state index contributed by atoms with van der Waals surface area (Å²) >= 11 is 0. The lowest BCUT2D eigenvalue weighted by molar-refractivity contribution is -0.385. The third kappa shape index (κ3) is 11.1. The maximum absolute atomic E-state index is 13.3. The summed E-state index contributed by atoms with van der Waals surface area (Å²) < 4.78 is 40.2. The van der Waals surface area contributed by atoms with Crippen LogP contribution in [0.3, 0.4) is 0 Å². The van der Waals surface area contributed by atoms with Gasteiger partial charge in [0.1, 0.15) is 18.0 Å². The Morgan fingerprint density at radius 1 is 1.04 bits per heavy atom. The van der Waals surface area contributed by atoms with Crippen LogP contribution in [0.4, 0.5) is 10.5 Å². The highest BCUT2D eigenvalue weighted by Crippen LogP contribution is 2.25. The van der Waals surface area contributed by atoms with Gasteiger partial charge in [0.2, 0.25) is 10.0 Å². The minimum absolute atomic E-state index is 0.0236. The average Bonchev–Trinajstić information content (AvgIpc) is 2.98. The van der Waals surface area contributed by atoms with E-state index in [9.17, 15) is 28.4 Å².